The van der Waals surface area contributed by atoms with Gasteiger partial charge < -0.3 is 5.32 Å². The molecule has 3 unspecified atom stereocenters. The van der Waals surface area contributed by atoms with Gasteiger partial charge in [-0.2, -0.15) is 0 Å². The highest BCUT2D eigenvalue weighted by molar-refractivity contribution is 9.10. The second-order valence-corrected chi connectivity index (χ2v) is 5.47. The summed E-state index contributed by atoms with van der Waals surface area (Å²) in [6.45, 7) is 4.67. The van der Waals surface area contributed by atoms with Gasteiger partial charge in [0.2, 0.25) is 0 Å². The normalized spacial score (nSPS) is 30.5. The van der Waals surface area contributed by atoms with Crippen molar-refractivity contribution < 1.29 is 0 Å². The van der Waals surface area contributed by atoms with Gasteiger partial charge in [0.15, 0.2) is 0 Å². The van der Waals surface area contributed by atoms with Gasteiger partial charge in [-0.15, -0.1) is 0 Å². The molecule has 1 aromatic heterocycles. The lowest BCUT2D eigenvalue weighted by molar-refractivity contribution is 0.435. The Hall–Kier alpha value is -0.570. The minimum Gasteiger partial charge on any atom is -0.381 e. The quantitative estimate of drug-likeness (QED) is 0.885. The monoisotopic (exact) mass is 268 g/mol. The Balaban J connectivity index is 2.03. The van der Waals surface area contributed by atoms with Crippen molar-refractivity contribution in [3.63, 3.8) is 0 Å². The Morgan fingerprint density at radius 3 is 2.73 bits per heavy atom. The highest BCUT2D eigenvalue weighted by Gasteiger charge is 2.29. The molecule has 0 aliphatic heterocycles. The van der Waals surface area contributed by atoms with Crippen molar-refractivity contribution in [3.8, 4) is 0 Å². The highest BCUT2D eigenvalue weighted by atomic mass is 79.9. The van der Waals surface area contributed by atoms with E-state index in [2.05, 4.69) is 46.1 Å². The predicted molar refractivity (Wildman–Crippen MR) is 66.9 cm³/mol. The molecule has 1 aliphatic rings. The molecule has 0 amide bonds. The Kier molecular flexibility index (Phi) is 3.29. The molecule has 0 saturated heterocycles. The third kappa shape index (κ3) is 2.51. The van der Waals surface area contributed by atoms with Crippen molar-refractivity contribution in [2.24, 2.45) is 11.8 Å². The van der Waals surface area contributed by atoms with Gasteiger partial charge in [-0.1, -0.05) is 13.8 Å². The fraction of sp³-hybridized carbons (Fsp3) is 0.583. The van der Waals surface area contributed by atoms with Gasteiger partial charge in [0.25, 0.3) is 0 Å². The third-order valence-electron chi connectivity index (χ3n) is 3.52. The topological polar surface area (TPSA) is 24.9 Å². The number of anilines is 1. The fourth-order valence-electron chi connectivity index (χ4n) is 2.27. The predicted octanol–water partition coefficient (Wildman–Crippen LogP) is 3.69. The molecule has 0 aromatic carbocycles. The Bertz CT molecular complexity index is 340. The minimum atomic E-state index is 0.607. The molecule has 1 aliphatic carbocycles. The lowest BCUT2D eigenvalue weighted by Crippen LogP contribution is -2.23. The van der Waals surface area contributed by atoms with E-state index in [0.29, 0.717) is 6.04 Å². The van der Waals surface area contributed by atoms with Gasteiger partial charge in [0, 0.05) is 16.7 Å². The van der Waals surface area contributed by atoms with Gasteiger partial charge >= 0.3 is 0 Å². The molecule has 82 valence electrons. The molecular formula is C12H17BrN2. The summed E-state index contributed by atoms with van der Waals surface area (Å²) in [5, 5.41) is 3.57. The molecule has 0 radical (unpaired) electrons. The molecule has 2 rings (SSSR count). The molecule has 3 atom stereocenters. The van der Waals surface area contributed by atoms with E-state index in [-0.39, 0.29) is 0 Å². The summed E-state index contributed by atoms with van der Waals surface area (Å²) in [5.74, 6) is 1.59. The van der Waals surface area contributed by atoms with Crippen molar-refractivity contribution in [1.82, 2.24) is 4.98 Å². The van der Waals surface area contributed by atoms with Gasteiger partial charge in [0.1, 0.15) is 0 Å². The number of pyridine rings is 1. The van der Waals surface area contributed by atoms with Crippen LogP contribution in [0.15, 0.2) is 22.9 Å². The zero-order chi connectivity index (χ0) is 10.8. The standard InChI is InChI=1S/C12H17BrN2/c1-8-3-4-12(9(8)2)15-11-5-10(13)6-14-7-11/h5-9,12,15H,3-4H2,1-2H3. The molecule has 1 aromatic rings. The zero-order valence-corrected chi connectivity index (χ0v) is 10.8. The van der Waals surface area contributed by atoms with Crippen molar-refractivity contribution in [3.05, 3.63) is 22.9 Å². The molecule has 1 fully saturated rings. The number of rotatable bonds is 2. The first kappa shape index (κ1) is 10.9. The molecular weight excluding hydrogens is 252 g/mol. The molecule has 3 heteroatoms. The Morgan fingerprint density at radius 2 is 2.13 bits per heavy atom. The van der Waals surface area contributed by atoms with Crippen LogP contribution in [-0.4, -0.2) is 11.0 Å². The Morgan fingerprint density at radius 1 is 1.33 bits per heavy atom. The van der Waals surface area contributed by atoms with Crippen molar-refractivity contribution in [2.75, 3.05) is 5.32 Å². The van der Waals surface area contributed by atoms with Crippen LogP contribution in [0.25, 0.3) is 0 Å². The number of hydrogen-bond acceptors (Lipinski definition) is 2. The maximum atomic E-state index is 4.16. The van der Waals surface area contributed by atoms with E-state index < -0.39 is 0 Å². The van der Waals surface area contributed by atoms with Crippen molar-refractivity contribution in [2.45, 2.75) is 32.7 Å². The van der Waals surface area contributed by atoms with E-state index >= 15 is 0 Å². The summed E-state index contributed by atoms with van der Waals surface area (Å²) in [6, 6.07) is 2.69. The van der Waals surface area contributed by atoms with Crippen LogP contribution in [-0.2, 0) is 0 Å². The van der Waals surface area contributed by atoms with E-state index in [1.54, 1.807) is 0 Å². The molecule has 1 saturated carbocycles. The van der Waals surface area contributed by atoms with Crippen LogP contribution in [0.5, 0.6) is 0 Å². The molecule has 0 bridgehead atoms. The summed E-state index contributed by atoms with van der Waals surface area (Å²) < 4.78 is 1.03. The second-order valence-electron chi connectivity index (χ2n) is 4.56. The molecule has 15 heavy (non-hydrogen) atoms. The third-order valence-corrected chi connectivity index (χ3v) is 3.96. The number of nitrogens with one attached hydrogen (secondary N) is 1. The van der Waals surface area contributed by atoms with Crippen LogP contribution < -0.4 is 5.32 Å². The van der Waals surface area contributed by atoms with Crippen LogP contribution in [0.3, 0.4) is 0 Å². The smallest absolute Gasteiger partial charge is 0.0540 e. The number of aromatic nitrogens is 1. The Labute approximate surface area is 99.6 Å². The fourth-order valence-corrected chi connectivity index (χ4v) is 2.64. The van der Waals surface area contributed by atoms with Gasteiger partial charge in [-0.25, -0.2) is 0 Å². The van der Waals surface area contributed by atoms with Crippen LogP contribution in [0.2, 0.25) is 0 Å². The lowest BCUT2D eigenvalue weighted by Gasteiger charge is -2.20. The van der Waals surface area contributed by atoms with Crippen molar-refractivity contribution >= 4 is 21.6 Å². The summed E-state index contributed by atoms with van der Waals surface area (Å²) >= 11 is 3.44. The van der Waals surface area contributed by atoms with Gasteiger partial charge in [0.05, 0.1) is 11.9 Å². The second kappa shape index (κ2) is 4.52. The minimum absolute atomic E-state index is 0.607. The van der Waals surface area contributed by atoms with Crippen LogP contribution in [0, 0.1) is 11.8 Å². The number of hydrogen-bond donors (Lipinski definition) is 1. The summed E-state index contributed by atoms with van der Waals surface area (Å²) in [6.07, 6.45) is 6.31. The highest BCUT2D eigenvalue weighted by Crippen LogP contribution is 2.33. The molecule has 1 N–H and O–H groups in total. The summed E-state index contributed by atoms with van der Waals surface area (Å²) in [7, 11) is 0. The first-order valence-corrected chi connectivity index (χ1v) is 6.33. The van der Waals surface area contributed by atoms with Gasteiger partial charge in [-0.05, 0) is 46.7 Å². The maximum Gasteiger partial charge on any atom is 0.0540 e. The first-order chi connectivity index (χ1) is 7.16. The first-order valence-electron chi connectivity index (χ1n) is 5.54. The molecule has 2 nitrogen and oxygen atoms in total. The largest absolute Gasteiger partial charge is 0.381 e. The van der Waals surface area contributed by atoms with E-state index in [1.807, 2.05) is 12.4 Å². The van der Waals surface area contributed by atoms with Gasteiger partial charge in [-0.3, -0.25) is 4.98 Å². The molecule has 0 spiro atoms. The van der Waals surface area contributed by atoms with Crippen LogP contribution >= 0.6 is 15.9 Å². The zero-order valence-electron chi connectivity index (χ0n) is 9.20. The van der Waals surface area contributed by atoms with Crippen LogP contribution in [0.4, 0.5) is 5.69 Å². The number of nitrogens with zero attached hydrogens (tertiary/aromatic N) is 1. The molecule has 1 heterocycles. The van der Waals surface area contributed by atoms with Crippen LogP contribution in [0.1, 0.15) is 26.7 Å². The SMILES string of the molecule is CC1CCC(Nc2cncc(Br)c2)C1C. The average Bonchev–Trinajstić information content (AvgIpc) is 2.50. The van der Waals surface area contributed by atoms with E-state index in [1.165, 1.54) is 12.8 Å². The van der Waals surface area contributed by atoms with E-state index in [4.69, 9.17) is 0 Å². The summed E-state index contributed by atoms with van der Waals surface area (Å²) in [5.41, 5.74) is 1.12. The maximum absolute atomic E-state index is 4.16. The summed E-state index contributed by atoms with van der Waals surface area (Å²) in [4.78, 5) is 4.16. The lowest BCUT2D eigenvalue weighted by atomic mass is 9.98. The van der Waals surface area contributed by atoms with E-state index in [0.717, 1.165) is 22.0 Å². The number of halogens is 1. The average molecular weight is 269 g/mol. The van der Waals surface area contributed by atoms with E-state index in [9.17, 15) is 0 Å². The van der Waals surface area contributed by atoms with Crippen molar-refractivity contribution in [1.29, 1.82) is 0 Å².